The van der Waals surface area contributed by atoms with E-state index in [2.05, 4.69) is 12.1 Å². The summed E-state index contributed by atoms with van der Waals surface area (Å²) in [5.41, 5.74) is 3.65. The Bertz CT molecular complexity index is 591. The number of benzene rings is 2. The quantitative estimate of drug-likeness (QED) is 0.892. The van der Waals surface area contributed by atoms with E-state index in [1.54, 1.807) is 7.11 Å². The summed E-state index contributed by atoms with van der Waals surface area (Å²) < 4.78 is 5.42. The van der Waals surface area contributed by atoms with Crippen LogP contribution in [0.25, 0.3) is 0 Å². The summed E-state index contributed by atoms with van der Waals surface area (Å²) in [6, 6.07) is 14.2. The first-order chi connectivity index (χ1) is 9.12. The Kier molecular flexibility index (Phi) is 2.83. The first kappa shape index (κ1) is 12.2. The molecule has 1 aliphatic carbocycles. The highest BCUT2D eigenvalue weighted by atomic mass is 16.5. The zero-order chi connectivity index (χ0) is 13.5. The van der Waals surface area contributed by atoms with Crippen molar-refractivity contribution in [1.82, 2.24) is 0 Å². The zero-order valence-electron chi connectivity index (χ0n) is 11.3. The van der Waals surface area contributed by atoms with E-state index in [-0.39, 0.29) is 0 Å². The highest BCUT2D eigenvalue weighted by molar-refractivity contribution is 5.47. The Balaban J connectivity index is 2.06. The van der Waals surface area contributed by atoms with Crippen LogP contribution in [0.5, 0.6) is 5.75 Å². The van der Waals surface area contributed by atoms with Crippen molar-refractivity contribution in [2.45, 2.75) is 25.4 Å². The molecule has 2 aromatic rings. The Morgan fingerprint density at radius 2 is 1.68 bits per heavy atom. The highest BCUT2D eigenvalue weighted by Crippen LogP contribution is 2.41. The number of hydrogen-bond acceptors (Lipinski definition) is 2. The molecule has 0 amide bonds. The van der Waals surface area contributed by atoms with Gasteiger partial charge in [0.05, 0.1) is 7.11 Å². The normalized spacial score (nSPS) is 16.2. The van der Waals surface area contributed by atoms with Crippen molar-refractivity contribution in [2.24, 2.45) is 0 Å². The third-order valence-corrected chi connectivity index (χ3v) is 3.94. The van der Waals surface area contributed by atoms with Gasteiger partial charge in [0.2, 0.25) is 0 Å². The van der Waals surface area contributed by atoms with Crippen LogP contribution in [0.3, 0.4) is 0 Å². The van der Waals surface area contributed by atoms with E-state index < -0.39 is 5.60 Å². The van der Waals surface area contributed by atoms with Crippen molar-refractivity contribution in [2.75, 3.05) is 7.11 Å². The Hall–Kier alpha value is -1.80. The number of aryl methyl sites for hydroxylation is 1. The van der Waals surface area contributed by atoms with Crippen LogP contribution in [0.4, 0.5) is 0 Å². The lowest BCUT2D eigenvalue weighted by Crippen LogP contribution is -2.27. The van der Waals surface area contributed by atoms with Crippen LogP contribution < -0.4 is 4.74 Å². The largest absolute Gasteiger partial charge is 0.496 e. The van der Waals surface area contributed by atoms with Crippen molar-refractivity contribution in [3.63, 3.8) is 0 Å². The fraction of sp³-hybridized carbons (Fsp3) is 0.294. The standard InChI is InChI=1S/C17H18O2/c1-12-7-8-16(19-2)15(9-12)17(18)10-13-5-3-4-6-14(13)11-17/h3-9,18H,10-11H2,1-2H3. The minimum absolute atomic E-state index is 0.656. The van der Waals surface area contributed by atoms with Crippen LogP contribution >= 0.6 is 0 Å². The second-order valence-electron chi connectivity index (χ2n) is 5.36. The van der Waals surface area contributed by atoms with E-state index >= 15 is 0 Å². The first-order valence-corrected chi connectivity index (χ1v) is 6.57. The topological polar surface area (TPSA) is 29.5 Å². The van der Waals surface area contributed by atoms with Gasteiger partial charge in [-0.25, -0.2) is 0 Å². The second kappa shape index (κ2) is 4.39. The molecular formula is C17H18O2. The van der Waals surface area contributed by atoms with Crippen LogP contribution in [0.2, 0.25) is 0 Å². The minimum atomic E-state index is -0.846. The summed E-state index contributed by atoms with van der Waals surface area (Å²) in [5.74, 6) is 0.765. The van der Waals surface area contributed by atoms with Gasteiger partial charge in [-0.15, -0.1) is 0 Å². The molecule has 2 nitrogen and oxygen atoms in total. The van der Waals surface area contributed by atoms with Crippen molar-refractivity contribution >= 4 is 0 Å². The van der Waals surface area contributed by atoms with Gasteiger partial charge in [-0.1, -0.05) is 35.9 Å². The number of aliphatic hydroxyl groups is 1. The van der Waals surface area contributed by atoms with E-state index in [4.69, 9.17) is 4.74 Å². The summed E-state index contributed by atoms with van der Waals surface area (Å²) in [5, 5.41) is 11.0. The maximum absolute atomic E-state index is 11.0. The summed E-state index contributed by atoms with van der Waals surface area (Å²) >= 11 is 0. The van der Waals surface area contributed by atoms with Crippen LogP contribution in [-0.2, 0) is 18.4 Å². The lowest BCUT2D eigenvalue weighted by Gasteiger charge is -2.25. The van der Waals surface area contributed by atoms with E-state index in [9.17, 15) is 5.11 Å². The molecule has 0 heterocycles. The molecule has 0 saturated heterocycles. The van der Waals surface area contributed by atoms with Gasteiger partial charge in [0.1, 0.15) is 11.4 Å². The number of ether oxygens (including phenoxy) is 1. The van der Waals surface area contributed by atoms with Gasteiger partial charge >= 0.3 is 0 Å². The molecule has 0 unspecified atom stereocenters. The lowest BCUT2D eigenvalue weighted by atomic mass is 9.89. The maximum atomic E-state index is 11.0. The molecule has 2 heteroatoms. The number of hydrogen-bond donors (Lipinski definition) is 1. The van der Waals surface area contributed by atoms with Gasteiger partial charge in [0.15, 0.2) is 0 Å². The monoisotopic (exact) mass is 254 g/mol. The van der Waals surface area contributed by atoms with Crippen molar-refractivity contribution in [3.8, 4) is 5.75 Å². The van der Waals surface area contributed by atoms with Gasteiger partial charge in [0, 0.05) is 18.4 Å². The molecule has 1 aliphatic rings. The van der Waals surface area contributed by atoms with Crippen LogP contribution in [-0.4, -0.2) is 12.2 Å². The highest BCUT2D eigenvalue weighted by Gasteiger charge is 2.38. The molecular weight excluding hydrogens is 236 g/mol. The molecule has 1 N–H and O–H groups in total. The van der Waals surface area contributed by atoms with E-state index in [1.165, 1.54) is 11.1 Å². The molecule has 0 saturated carbocycles. The molecule has 0 fully saturated rings. The third-order valence-electron chi connectivity index (χ3n) is 3.94. The number of rotatable bonds is 2. The van der Waals surface area contributed by atoms with E-state index in [0.717, 1.165) is 16.9 Å². The number of methoxy groups -OCH3 is 1. The van der Waals surface area contributed by atoms with Gasteiger partial charge in [-0.2, -0.15) is 0 Å². The van der Waals surface area contributed by atoms with Crippen LogP contribution in [0, 0.1) is 6.92 Å². The van der Waals surface area contributed by atoms with Gasteiger partial charge in [0.25, 0.3) is 0 Å². The van der Waals surface area contributed by atoms with Gasteiger partial charge in [-0.3, -0.25) is 0 Å². The Morgan fingerprint density at radius 3 is 2.26 bits per heavy atom. The van der Waals surface area contributed by atoms with Gasteiger partial charge in [-0.05, 0) is 30.2 Å². The molecule has 0 aliphatic heterocycles. The van der Waals surface area contributed by atoms with E-state index in [1.807, 2.05) is 37.3 Å². The smallest absolute Gasteiger partial charge is 0.124 e. The van der Waals surface area contributed by atoms with Crippen molar-refractivity contribution in [3.05, 3.63) is 64.7 Å². The zero-order valence-corrected chi connectivity index (χ0v) is 11.3. The van der Waals surface area contributed by atoms with E-state index in [0.29, 0.717) is 12.8 Å². The predicted octanol–water partition coefficient (Wildman–Crippen LogP) is 2.99. The first-order valence-electron chi connectivity index (χ1n) is 6.57. The Morgan fingerprint density at radius 1 is 1.05 bits per heavy atom. The third kappa shape index (κ3) is 2.02. The molecule has 0 spiro atoms. The fourth-order valence-corrected chi connectivity index (χ4v) is 2.97. The molecule has 0 radical (unpaired) electrons. The van der Waals surface area contributed by atoms with Crippen molar-refractivity contribution < 1.29 is 9.84 Å². The summed E-state index contributed by atoms with van der Waals surface area (Å²) in [6.45, 7) is 2.04. The second-order valence-corrected chi connectivity index (χ2v) is 5.36. The molecule has 0 aromatic heterocycles. The number of fused-ring (bicyclic) bond motifs is 1. The summed E-state index contributed by atoms with van der Waals surface area (Å²) in [7, 11) is 1.65. The summed E-state index contributed by atoms with van der Waals surface area (Å²) in [6.07, 6.45) is 1.31. The van der Waals surface area contributed by atoms with Gasteiger partial charge < -0.3 is 9.84 Å². The minimum Gasteiger partial charge on any atom is -0.496 e. The molecule has 19 heavy (non-hydrogen) atoms. The molecule has 3 rings (SSSR count). The lowest BCUT2D eigenvalue weighted by molar-refractivity contribution is 0.0456. The van der Waals surface area contributed by atoms with Crippen LogP contribution in [0.15, 0.2) is 42.5 Å². The van der Waals surface area contributed by atoms with Crippen molar-refractivity contribution in [1.29, 1.82) is 0 Å². The molecule has 0 bridgehead atoms. The molecule has 2 aromatic carbocycles. The maximum Gasteiger partial charge on any atom is 0.124 e. The average molecular weight is 254 g/mol. The predicted molar refractivity (Wildman–Crippen MR) is 75.5 cm³/mol. The van der Waals surface area contributed by atoms with Crippen LogP contribution in [0.1, 0.15) is 22.3 Å². The average Bonchev–Trinajstić information content (AvgIpc) is 2.76. The molecule has 98 valence electrons. The molecule has 0 atom stereocenters. The summed E-state index contributed by atoms with van der Waals surface area (Å²) in [4.78, 5) is 0. The SMILES string of the molecule is COc1ccc(C)cc1C1(O)Cc2ccccc2C1. The fourth-order valence-electron chi connectivity index (χ4n) is 2.97. The Labute approximate surface area is 113 Å².